The lowest BCUT2D eigenvalue weighted by Crippen LogP contribution is -2.47. The Morgan fingerprint density at radius 2 is 2.06 bits per heavy atom. The van der Waals surface area contributed by atoms with Gasteiger partial charge in [0.15, 0.2) is 0 Å². The maximum Gasteiger partial charge on any atom is 0.297 e. The summed E-state index contributed by atoms with van der Waals surface area (Å²) < 4.78 is 5.42. The molecule has 2 fully saturated rings. The largest absolute Gasteiger partial charge is 0.432 e. The van der Waals surface area contributed by atoms with E-state index in [1.165, 1.54) is 12.8 Å². The second-order valence-electron chi connectivity index (χ2n) is 4.58. The summed E-state index contributed by atoms with van der Waals surface area (Å²) in [6.45, 7) is 4.74. The Bertz CT molecular complexity index is 353. The summed E-state index contributed by atoms with van der Waals surface area (Å²) in [6, 6.07) is 1.60. The lowest BCUT2D eigenvalue weighted by Gasteiger charge is -2.33. The van der Waals surface area contributed by atoms with E-state index >= 15 is 0 Å². The first kappa shape index (κ1) is 10.1. The van der Waals surface area contributed by atoms with Crippen molar-refractivity contribution in [3.63, 3.8) is 0 Å². The summed E-state index contributed by atoms with van der Waals surface area (Å²) in [5.74, 6) is 0. The van der Waals surface area contributed by atoms with Gasteiger partial charge in [0.2, 0.25) is 0 Å². The van der Waals surface area contributed by atoms with Gasteiger partial charge in [-0.1, -0.05) is 0 Å². The summed E-state index contributed by atoms with van der Waals surface area (Å²) >= 11 is 0. The van der Waals surface area contributed by atoms with Gasteiger partial charge in [-0.2, -0.15) is 4.98 Å². The van der Waals surface area contributed by atoms with E-state index in [0.717, 1.165) is 43.9 Å². The molecule has 5 heteroatoms. The van der Waals surface area contributed by atoms with E-state index in [1.54, 1.807) is 6.26 Å². The normalized spacial score (nSPS) is 22.7. The van der Waals surface area contributed by atoms with E-state index in [0.29, 0.717) is 6.54 Å². The molecule has 2 aliphatic rings. The molecule has 2 heterocycles. The number of oxazole rings is 1. The Kier molecular flexibility index (Phi) is 2.57. The maximum atomic E-state index is 5.51. The third-order valence-electron chi connectivity index (χ3n) is 3.40. The molecule has 0 spiro atoms. The molecule has 0 unspecified atom stereocenters. The van der Waals surface area contributed by atoms with E-state index in [-0.39, 0.29) is 0 Å². The van der Waals surface area contributed by atoms with Gasteiger partial charge >= 0.3 is 0 Å². The highest BCUT2D eigenvalue weighted by Crippen LogP contribution is 2.28. The average Bonchev–Trinajstić information content (AvgIpc) is 3.07. The maximum absolute atomic E-state index is 5.51. The Morgan fingerprint density at radius 3 is 2.62 bits per heavy atom. The first-order chi connectivity index (χ1) is 7.86. The summed E-state index contributed by atoms with van der Waals surface area (Å²) in [6.07, 6.45) is 4.43. The SMILES string of the molecule is NCc1coc(N2CCN(C3CC3)CC2)n1. The van der Waals surface area contributed by atoms with E-state index in [2.05, 4.69) is 14.8 Å². The molecule has 3 rings (SSSR count). The third kappa shape index (κ3) is 1.92. The van der Waals surface area contributed by atoms with E-state index in [9.17, 15) is 0 Å². The topological polar surface area (TPSA) is 58.5 Å². The van der Waals surface area contributed by atoms with Crippen molar-refractivity contribution in [3.05, 3.63) is 12.0 Å². The van der Waals surface area contributed by atoms with Crippen molar-refractivity contribution in [2.24, 2.45) is 5.73 Å². The van der Waals surface area contributed by atoms with Crippen molar-refractivity contribution in [3.8, 4) is 0 Å². The Hall–Kier alpha value is -1.07. The number of nitrogens with two attached hydrogens (primary N) is 1. The monoisotopic (exact) mass is 222 g/mol. The molecule has 1 saturated heterocycles. The minimum Gasteiger partial charge on any atom is -0.432 e. The molecule has 88 valence electrons. The molecule has 0 bridgehead atoms. The summed E-state index contributed by atoms with van der Waals surface area (Å²) in [5.41, 5.74) is 6.35. The third-order valence-corrected chi connectivity index (χ3v) is 3.40. The smallest absolute Gasteiger partial charge is 0.297 e. The molecule has 16 heavy (non-hydrogen) atoms. The van der Waals surface area contributed by atoms with Crippen LogP contribution in [0.3, 0.4) is 0 Å². The van der Waals surface area contributed by atoms with Crippen LogP contribution in [0.5, 0.6) is 0 Å². The number of hydrogen-bond donors (Lipinski definition) is 1. The second-order valence-corrected chi connectivity index (χ2v) is 4.58. The van der Waals surface area contributed by atoms with E-state index in [4.69, 9.17) is 10.2 Å². The predicted octanol–water partition coefficient (Wildman–Crippen LogP) is 0.418. The number of anilines is 1. The van der Waals surface area contributed by atoms with Crippen LogP contribution >= 0.6 is 0 Å². The number of aromatic nitrogens is 1. The van der Waals surface area contributed by atoms with E-state index in [1.807, 2.05) is 0 Å². The van der Waals surface area contributed by atoms with Crippen LogP contribution in [0.15, 0.2) is 10.7 Å². The Morgan fingerprint density at radius 1 is 1.31 bits per heavy atom. The van der Waals surface area contributed by atoms with Gasteiger partial charge in [-0.25, -0.2) is 0 Å². The van der Waals surface area contributed by atoms with Gasteiger partial charge in [0.25, 0.3) is 6.01 Å². The van der Waals surface area contributed by atoms with Crippen molar-refractivity contribution < 1.29 is 4.42 Å². The minimum atomic E-state index is 0.450. The van der Waals surface area contributed by atoms with Crippen molar-refractivity contribution in [2.45, 2.75) is 25.4 Å². The zero-order chi connectivity index (χ0) is 11.0. The fraction of sp³-hybridized carbons (Fsp3) is 0.727. The highest BCUT2D eigenvalue weighted by atomic mass is 16.4. The van der Waals surface area contributed by atoms with Gasteiger partial charge in [-0.05, 0) is 12.8 Å². The molecule has 1 aromatic heterocycles. The van der Waals surface area contributed by atoms with E-state index < -0.39 is 0 Å². The molecule has 0 radical (unpaired) electrons. The van der Waals surface area contributed by atoms with Crippen molar-refractivity contribution >= 4 is 6.01 Å². The van der Waals surface area contributed by atoms with Gasteiger partial charge in [0, 0.05) is 38.8 Å². The molecule has 1 aromatic rings. The highest BCUT2D eigenvalue weighted by Gasteiger charge is 2.31. The first-order valence-corrected chi connectivity index (χ1v) is 6.00. The standard InChI is InChI=1S/C11H18N4O/c12-7-9-8-16-11(13-9)15-5-3-14(4-6-15)10-1-2-10/h8,10H,1-7,12H2. The Balaban J connectivity index is 1.60. The molecule has 0 amide bonds. The molecule has 0 atom stereocenters. The molecule has 1 saturated carbocycles. The number of hydrogen-bond acceptors (Lipinski definition) is 5. The van der Waals surface area contributed by atoms with Gasteiger partial charge < -0.3 is 15.1 Å². The van der Waals surface area contributed by atoms with Gasteiger partial charge in [-0.15, -0.1) is 0 Å². The quantitative estimate of drug-likeness (QED) is 0.803. The lowest BCUT2D eigenvalue weighted by atomic mass is 10.3. The molecule has 5 nitrogen and oxygen atoms in total. The van der Waals surface area contributed by atoms with Crippen LogP contribution in [-0.2, 0) is 6.54 Å². The van der Waals surface area contributed by atoms with Gasteiger partial charge in [0.05, 0.1) is 5.69 Å². The molecule has 0 aromatic carbocycles. The van der Waals surface area contributed by atoms with Crippen molar-refractivity contribution in [1.82, 2.24) is 9.88 Å². The molecular formula is C11H18N4O. The zero-order valence-corrected chi connectivity index (χ0v) is 9.43. The van der Waals surface area contributed by atoms with Crippen LogP contribution in [0.25, 0.3) is 0 Å². The van der Waals surface area contributed by atoms with Crippen LogP contribution in [0.2, 0.25) is 0 Å². The van der Waals surface area contributed by atoms with Crippen LogP contribution in [0.4, 0.5) is 6.01 Å². The number of piperazine rings is 1. The van der Waals surface area contributed by atoms with Crippen LogP contribution < -0.4 is 10.6 Å². The predicted molar refractivity (Wildman–Crippen MR) is 61.2 cm³/mol. The fourth-order valence-corrected chi connectivity index (χ4v) is 2.25. The molecule has 2 N–H and O–H groups in total. The Labute approximate surface area is 95.2 Å². The van der Waals surface area contributed by atoms with Crippen LogP contribution in [0, 0.1) is 0 Å². The van der Waals surface area contributed by atoms with Crippen LogP contribution in [-0.4, -0.2) is 42.1 Å². The average molecular weight is 222 g/mol. The summed E-state index contributed by atoms with van der Waals surface area (Å²) in [5, 5.41) is 0. The minimum absolute atomic E-state index is 0.450. The van der Waals surface area contributed by atoms with Crippen LogP contribution in [0.1, 0.15) is 18.5 Å². The molecule has 1 aliphatic carbocycles. The lowest BCUT2D eigenvalue weighted by molar-refractivity contribution is 0.243. The fourth-order valence-electron chi connectivity index (χ4n) is 2.25. The van der Waals surface area contributed by atoms with Gasteiger partial charge in [0.1, 0.15) is 6.26 Å². The highest BCUT2D eigenvalue weighted by molar-refractivity contribution is 5.28. The van der Waals surface area contributed by atoms with Crippen molar-refractivity contribution in [1.29, 1.82) is 0 Å². The summed E-state index contributed by atoms with van der Waals surface area (Å²) in [4.78, 5) is 9.13. The summed E-state index contributed by atoms with van der Waals surface area (Å²) in [7, 11) is 0. The zero-order valence-electron chi connectivity index (χ0n) is 9.43. The number of nitrogens with zero attached hydrogens (tertiary/aromatic N) is 3. The molecule has 1 aliphatic heterocycles. The first-order valence-electron chi connectivity index (χ1n) is 6.00. The van der Waals surface area contributed by atoms with Gasteiger partial charge in [-0.3, -0.25) is 4.90 Å². The van der Waals surface area contributed by atoms with Crippen molar-refractivity contribution in [2.75, 3.05) is 31.1 Å². The number of rotatable bonds is 3. The second kappa shape index (κ2) is 4.07. The molecular weight excluding hydrogens is 204 g/mol.